The smallest absolute Gasteiger partial charge is 0.0866 e. The molecule has 4 atom stereocenters. The summed E-state index contributed by atoms with van der Waals surface area (Å²) in [5.74, 6) is 0.975. The van der Waals surface area contributed by atoms with Crippen LogP contribution in [0.1, 0.15) is 94.9 Å². The molecule has 0 amide bonds. The second-order valence-electron chi connectivity index (χ2n) is 14.0. The summed E-state index contributed by atoms with van der Waals surface area (Å²) in [5, 5.41) is 40.7. The van der Waals surface area contributed by atoms with Crippen molar-refractivity contribution in [1.82, 2.24) is 0 Å². The van der Waals surface area contributed by atoms with Crippen molar-refractivity contribution in [3.8, 4) is 0 Å². The van der Waals surface area contributed by atoms with E-state index in [1.54, 1.807) is 0 Å². The Morgan fingerprint density at radius 1 is 0.515 bits per heavy atom. The van der Waals surface area contributed by atoms with Gasteiger partial charge in [0.15, 0.2) is 0 Å². The molecule has 0 bridgehead atoms. The Labute approximate surface area is 219 Å². The van der Waals surface area contributed by atoms with Crippen molar-refractivity contribution < 1.29 is 37.5 Å². The van der Waals surface area contributed by atoms with E-state index in [1.165, 1.54) is 0 Å². The van der Waals surface area contributed by atoms with Crippen LogP contribution in [0.5, 0.6) is 0 Å². The van der Waals surface area contributed by atoms with Gasteiger partial charge in [-0.05, 0) is 47.6 Å². The topological polar surface area (TPSA) is 80.9 Å². The third-order valence-corrected chi connectivity index (χ3v) is 19.5. The van der Waals surface area contributed by atoms with Crippen LogP contribution in [0.15, 0.2) is 0 Å². The van der Waals surface area contributed by atoms with E-state index in [1.807, 2.05) is 0 Å². The van der Waals surface area contributed by atoms with E-state index in [0.29, 0.717) is 24.7 Å². The van der Waals surface area contributed by atoms with Gasteiger partial charge in [-0.25, -0.2) is 0 Å². The summed E-state index contributed by atoms with van der Waals surface area (Å²) in [6.07, 6.45) is 1.93. The Morgan fingerprint density at radius 3 is 0.879 bits per heavy atom. The molecule has 4 nitrogen and oxygen atoms in total. The minimum Gasteiger partial charge on any atom is -0.396 e. The number of aliphatic hydroxyl groups is 4. The molecule has 0 saturated heterocycles. The summed E-state index contributed by atoms with van der Waals surface area (Å²) in [6.45, 7) is 30.4. The first kappa shape index (κ1) is 38.3. The van der Waals surface area contributed by atoms with Crippen LogP contribution in [0, 0.1) is 11.8 Å². The van der Waals surface area contributed by atoms with Gasteiger partial charge in [0.25, 0.3) is 0 Å². The normalized spacial score (nSPS) is 17.1. The molecule has 0 aromatic heterocycles. The first-order chi connectivity index (χ1) is 14.0. The molecule has 0 heterocycles. The first-order valence-corrected chi connectivity index (χ1v) is 18.8. The molecule has 0 saturated carbocycles. The van der Waals surface area contributed by atoms with Gasteiger partial charge < -0.3 is 20.4 Å². The van der Waals surface area contributed by atoms with Crippen molar-refractivity contribution in [2.45, 2.75) is 155 Å². The van der Waals surface area contributed by atoms with Gasteiger partial charge in [-0.1, -0.05) is 95.4 Å². The number of rotatable bonds is 10. The third-order valence-electron chi connectivity index (χ3n) is 8.01. The van der Waals surface area contributed by atoms with E-state index < -0.39 is 16.1 Å². The summed E-state index contributed by atoms with van der Waals surface area (Å²) in [6, 6.07) is 0. The first-order valence-electron chi connectivity index (χ1n) is 12.7. The Hall–Kier alpha value is 0.793. The van der Waals surface area contributed by atoms with Gasteiger partial charge in [0.2, 0.25) is 0 Å². The molecule has 4 unspecified atom stereocenters. The molecule has 0 aliphatic heterocycles. The van der Waals surface area contributed by atoms with Gasteiger partial charge >= 0.3 is 0 Å². The molecule has 0 aliphatic carbocycles. The maximum absolute atomic E-state index is 10.3. The summed E-state index contributed by atoms with van der Waals surface area (Å²) in [5.41, 5.74) is -0.637. The minimum atomic E-state index is -1.73. The van der Waals surface area contributed by atoms with E-state index in [9.17, 15) is 20.4 Å². The van der Waals surface area contributed by atoms with Crippen molar-refractivity contribution >= 4 is 16.1 Å². The fourth-order valence-electron chi connectivity index (χ4n) is 3.39. The van der Waals surface area contributed by atoms with E-state index in [2.05, 4.69) is 95.4 Å². The second-order valence-corrected chi connectivity index (χ2v) is 25.2. The minimum absolute atomic E-state index is 0. The SMILES string of the molecule is CC(C)CC(O)CC(O)[Si](C)(C)C(C)(C)C.CC(C)CC(O)CC(O)[Si](C)(C)C(C)(C)C.[Cu]. The molecule has 0 fully saturated rings. The number of hydrogen-bond acceptors (Lipinski definition) is 4. The molecule has 7 heteroatoms. The second kappa shape index (κ2) is 15.1. The van der Waals surface area contributed by atoms with Crippen molar-refractivity contribution in [3.05, 3.63) is 0 Å². The number of aliphatic hydroxyl groups excluding tert-OH is 4. The summed E-state index contributed by atoms with van der Waals surface area (Å²) in [4.78, 5) is 0. The van der Waals surface area contributed by atoms with Crippen molar-refractivity contribution in [3.63, 3.8) is 0 Å². The van der Waals surface area contributed by atoms with Crippen molar-refractivity contribution in [2.75, 3.05) is 0 Å². The standard InChI is InChI=1S/2C13H30O2Si.Cu/c2*1-10(2)8-11(14)9-12(15)16(6,7)13(3,4)5;/h2*10-12,14-15H,8-9H2,1-7H3;. The van der Waals surface area contributed by atoms with Gasteiger partial charge in [0, 0.05) is 28.5 Å². The van der Waals surface area contributed by atoms with E-state index in [-0.39, 0.29) is 50.8 Å². The van der Waals surface area contributed by atoms with E-state index in [4.69, 9.17) is 0 Å². The van der Waals surface area contributed by atoms with Crippen LogP contribution in [-0.2, 0) is 17.1 Å². The maximum Gasteiger partial charge on any atom is 0.0866 e. The molecule has 0 rings (SSSR count). The molecule has 0 aromatic carbocycles. The summed E-state index contributed by atoms with van der Waals surface area (Å²) in [7, 11) is -3.45. The van der Waals surface area contributed by atoms with E-state index >= 15 is 0 Å². The van der Waals surface area contributed by atoms with E-state index in [0.717, 1.165) is 12.8 Å². The average molecular weight is 556 g/mol. The zero-order chi connectivity index (χ0) is 26.3. The predicted molar refractivity (Wildman–Crippen MR) is 147 cm³/mol. The molecule has 0 spiro atoms. The maximum atomic E-state index is 10.3. The molecule has 1 radical (unpaired) electrons. The Bertz CT molecular complexity index is 465. The predicted octanol–water partition coefficient (Wildman–Crippen LogP) is 6.38. The third kappa shape index (κ3) is 14.2. The van der Waals surface area contributed by atoms with Gasteiger partial charge in [-0.3, -0.25) is 0 Å². The van der Waals surface area contributed by atoms with Crippen molar-refractivity contribution in [2.24, 2.45) is 11.8 Å². The van der Waals surface area contributed by atoms with Gasteiger partial charge in [-0.2, -0.15) is 0 Å². The Morgan fingerprint density at radius 2 is 0.727 bits per heavy atom. The quantitative estimate of drug-likeness (QED) is 0.236. The van der Waals surface area contributed by atoms with Gasteiger partial charge in [0.05, 0.1) is 28.4 Å². The van der Waals surface area contributed by atoms with Crippen LogP contribution < -0.4 is 0 Å². The zero-order valence-electron chi connectivity index (χ0n) is 24.4. The molecule has 207 valence electrons. The number of hydrogen-bond donors (Lipinski definition) is 4. The summed E-state index contributed by atoms with van der Waals surface area (Å²) >= 11 is 0. The monoisotopic (exact) mass is 555 g/mol. The van der Waals surface area contributed by atoms with Crippen LogP contribution in [0.25, 0.3) is 0 Å². The Kier molecular flexibility index (Phi) is 17.6. The average Bonchev–Trinajstić information content (AvgIpc) is 2.51. The molecule has 4 N–H and O–H groups in total. The van der Waals surface area contributed by atoms with Crippen LogP contribution in [0.3, 0.4) is 0 Å². The van der Waals surface area contributed by atoms with Gasteiger partial charge in [-0.15, -0.1) is 0 Å². The largest absolute Gasteiger partial charge is 0.396 e. The van der Waals surface area contributed by atoms with Crippen LogP contribution in [0.2, 0.25) is 36.3 Å². The fourth-order valence-corrected chi connectivity index (χ4v) is 7.11. The Balaban J connectivity index is -0.000000529. The van der Waals surface area contributed by atoms with Crippen LogP contribution in [-0.4, -0.2) is 60.2 Å². The fraction of sp³-hybridized carbons (Fsp3) is 1.00. The van der Waals surface area contributed by atoms with Crippen LogP contribution in [0.4, 0.5) is 0 Å². The molecule has 0 aromatic rings. The molecular formula is C26H60CuO4Si2. The van der Waals surface area contributed by atoms with Gasteiger partial charge in [0.1, 0.15) is 0 Å². The zero-order valence-corrected chi connectivity index (χ0v) is 27.3. The van der Waals surface area contributed by atoms with Crippen molar-refractivity contribution in [1.29, 1.82) is 0 Å². The molecule has 33 heavy (non-hydrogen) atoms. The molecular weight excluding hydrogens is 496 g/mol. The van der Waals surface area contributed by atoms with Crippen LogP contribution >= 0.6 is 0 Å². The summed E-state index contributed by atoms with van der Waals surface area (Å²) < 4.78 is 0. The molecule has 0 aliphatic rings.